The minimum Gasteiger partial charge on any atom is -0.493 e. The molecule has 0 atom stereocenters. The van der Waals surface area contributed by atoms with Crippen molar-refractivity contribution in [3.63, 3.8) is 0 Å². The Morgan fingerprint density at radius 3 is 2.46 bits per heavy atom. The van der Waals surface area contributed by atoms with Gasteiger partial charge in [0, 0.05) is 32.6 Å². The number of hydrogen-bond donors (Lipinski definition) is 1. The molecule has 0 aliphatic carbocycles. The van der Waals surface area contributed by atoms with Crippen molar-refractivity contribution in [1.82, 2.24) is 10.2 Å². The Labute approximate surface area is 165 Å². The van der Waals surface area contributed by atoms with E-state index in [0.717, 1.165) is 43.1 Å². The SMILES string of the molecule is COc1cc2c(cc1OC)CN(CCC(=O)NCCc1ccc(F)cc1)CC2. The van der Waals surface area contributed by atoms with Crippen LogP contribution in [0.4, 0.5) is 4.39 Å². The molecule has 28 heavy (non-hydrogen) atoms. The molecule has 1 N–H and O–H groups in total. The lowest BCUT2D eigenvalue weighted by Crippen LogP contribution is -2.35. The van der Waals surface area contributed by atoms with E-state index in [2.05, 4.69) is 10.2 Å². The first-order valence-corrected chi connectivity index (χ1v) is 9.56. The number of benzene rings is 2. The Kier molecular flexibility index (Phi) is 6.87. The fourth-order valence-electron chi connectivity index (χ4n) is 3.48. The van der Waals surface area contributed by atoms with Gasteiger partial charge in [0.2, 0.25) is 5.91 Å². The second-order valence-corrected chi connectivity index (χ2v) is 6.98. The average Bonchev–Trinajstić information content (AvgIpc) is 2.72. The maximum absolute atomic E-state index is 12.9. The van der Waals surface area contributed by atoms with Crippen LogP contribution in [0.25, 0.3) is 0 Å². The molecule has 0 spiro atoms. The molecular formula is C22H27FN2O3. The number of rotatable bonds is 8. The lowest BCUT2D eigenvalue weighted by atomic mass is 9.98. The van der Waals surface area contributed by atoms with Gasteiger partial charge < -0.3 is 14.8 Å². The van der Waals surface area contributed by atoms with Crippen molar-refractivity contribution in [1.29, 1.82) is 0 Å². The number of hydrogen-bond acceptors (Lipinski definition) is 4. The number of halogens is 1. The van der Waals surface area contributed by atoms with Crippen molar-refractivity contribution >= 4 is 5.91 Å². The predicted octanol–water partition coefficient (Wildman–Crippen LogP) is 2.95. The van der Waals surface area contributed by atoms with Gasteiger partial charge in [0.05, 0.1) is 14.2 Å². The lowest BCUT2D eigenvalue weighted by Gasteiger charge is -2.29. The van der Waals surface area contributed by atoms with Crippen molar-refractivity contribution in [3.05, 3.63) is 58.9 Å². The molecule has 2 aromatic carbocycles. The van der Waals surface area contributed by atoms with Gasteiger partial charge in [-0.25, -0.2) is 4.39 Å². The quantitative estimate of drug-likeness (QED) is 0.758. The van der Waals surface area contributed by atoms with E-state index >= 15 is 0 Å². The lowest BCUT2D eigenvalue weighted by molar-refractivity contribution is -0.121. The van der Waals surface area contributed by atoms with Gasteiger partial charge in [-0.3, -0.25) is 9.69 Å². The number of nitrogens with zero attached hydrogens (tertiary/aromatic N) is 1. The number of nitrogens with one attached hydrogen (secondary N) is 1. The van der Waals surface area contributed by atoms with Crippen molar-refractivity contribution in [2.45, 2.75) is 25.8 Å². The Hall–Kier alpha value is -2.60. The van der Waals surface area contributed by atoms with Crippen LogP contribution in [0.5, 0.6) is 11.5 Å². The highest BCUT2D eigenvalue weighted by Crippen LogP contribution is 2.33. The molecule has 3 rings (SSSR count). The molecule has 0 bridgehead atoms. The van der Waals surface area contributed by atoms with Crippen molar-refractivity contribution in [2.75, 3.05) is 33.9 Å². The molecule has 1 heterocycles. The van der Waals surface area contributed by atoms with Gasteiger partial charge in [-0.2, -0.15) is 0 Å². The normalized spacial score (nSPS) is 13.7. The molecule has 0 radical (unpaired) electrons. The minimum atomic E-state index is -0.244. The third-order valence-electron chi connectivity index (χ3n) is 5.10. The summed E-state index contributed by atoms with van der Waals surface area (Å²) in [6.45, 7) is 3.00. The van der Waals surface area contributed by atoms with Crippen molar-refractivity contribution < 1.29 is 18.7 Å². The maximum Gasteiger partial charge on any atom is 0.221 e. The minimum absolute atomic E-state index is 0.0419. The van der Waals surface area contributed by atoms with Gasteiger partial charge in [-0.15, -0.1) is 0 Å². The first-order chi connectivity index (χ1) is 13.6. The van der Waals surface area contributed by atoms with E-state index in [9.17, 15) is 9.18 Å². The molecule has 2 aromatic rings. The Bertz CT molecular complexity index is 808. The molecule has 150 valence electrons. The van der Waals surface area contributed by atoms with E-state index in [1.165, 1.54) is 23.3 Å². The third-order valence-corrected chi connectivity index (χ3v) is 5.10. The van der Waals surface area contributed by atoms with Gasteiger partial charge in [0.15, 0.2) is 11.5 Å². The average molecular weight is 386 g/mol. The molecule has 0 fully saturated rings. The summed E-state index contributed by atoms with van der Waals surface area (Å²) in [5.74, 6) is 1.30. The third kappa shape index (κ3) is 5.23. The Morgan fingerprint density at radius 1 is 1.11 bits per heavy atom. The molecule has 1 aliphatic rings. The molecule has 6 heteroatoms. The number of amides is 1. The van der Waals surface area contributed by atoms with Crippen molar-refractivity contribution in [2.24, 2.45) is 0 Å². The van der Waals surface area contributed by atoms with E-state index in [-0.39, 0.29) is 11.7 Å². The molecule has 0 unspecified atom stereocenters. The van der Waals surface area contributed by atoms with Crippen LogP contribution in [-0.2, 0) is 24.2 Å². The number of fused-ring (bicyclic) bond motifs is 1. The van der Waals surface area contributed by atoms with E-state index in [4.69, 9.17) is 9.47 Å². The summed E-state index contributed by atoms with van der Waals surface area (Å²) in [6, 6.07) is 10.5. The van der Waals surface area contributed by atoms with Crippen LogP contribution in [0.3, 0.4) is 0 Å². The zero-order chi connectivity index (χ0) is 19.9. The zero-order valence-electron chi connectivity index (χ0n) is 16.5. The Balaban J connectivity index is 1.44. The molecule has 1 aliphatic heterocycles. The number of ether oxygens (including phenoxy) is 2. The van der Waals surface area contributed by atoms with Gasteiger partial charge in [0.25, 0.3) is 0 Å². The van der Waals surface area contributed by atoms with Crippen LogP contribution in [-0.4, -0.2) is 44.7 Å². The summed E-state index contributed by atoms with van der Waals surface area (Å²) in [5, 5.41) is 2.94. The van der Waals surface area contributed by atoms with E-state index in [1.807, 2.05) is 12.1 Å². The maximum atomic E-state index is 12.9. The second kappa shape index (κ2) is 9.55. The van der Waals surface area contributed by atoms with Gasteiger partial charge in [-0.1, -0.05) is 12.1 Å². The van der Waals surface area contributed by atoms with Crippen LogP contribution < -0.4 is 14.8 Å². The number of methoxy groups -OCH3 is 2. The monoisotopic (exact) mass is 386 g/mol. The standard InChI is InChI=1S/C22H27FN2O3/c1-27-20-13-17-8-11-25(15-18(17)14-21(20)28-2)12-9-22(26)24-10-7-16-3-5-19(23)6-4-16/h3-6,13-14H,7-12,15H2,1-2H3,(H,24,26). The highest BCUT2D eigenvalue weighted by molar-refractivity contribution is 5.76. The fourth-order valence-corrected chi connectivity index (χ4v) is 3.48. The molecule has 0 saturated heterocycles. The first-order valence-electron chi connectivity index (χ1n) is 9.56. The van der Waals surface area contributed by atoms with Crippen molar-refractivity contribution in [3.8, 4) is 11.5 Å². The largest absolute Gasteiger partial charge is 0.493 e. The molecule has 0 saturated carbocycles. The van der Waals surface area contributed by atoms with Crippen LogP contribution in [0.2, 0.25) is 0 Å². The number of carbonyl (C=O) groups is 1. The highest BCUT2D eigenvalue weighted by Gasteiger charge is 2.19. The summed E-state index contributed by atoms with van der Waals surface area (Å²) in [6.07, 6.45) is 2.10. The van der Waals surface area contributed by atoms with E-state index < -0.39 is 0 Å². The highest BCUT2D eigenvalue weighted by atomic mass is 19.1. The summed E-state index contributed by atoms with van der Waals surface area (Å²) in [7, 11) is 3.29. The Morgan fingerprint density at radius 2 is 1.79 bits per heavy atom. The van der Waals surface area contributed by atoms with Crippen LogP contribution in [0.15, 0.2) is 36.4 Å². The molecule has 5 nitrogen and oxygen atoms in total. The molecular weight excluding hydrogens is 359 g/mol. The van der Waals surface area contributed by atoms with Crippen LogP contribution in [0.1, 0.15) is 23.1 Å². The molecule has 0 aromatic heterocycles. The van der Waals surface area contributed by atoms with Gasteiger partial charge in [0.1, 0.15) is 5.82 Å². The number of carbonyl (C=O) groups excluding carboxylic acids is 1. The van der Waals surface area contributed by atoms with Crippen LogP contribution >= 0.6 is 0 Å². The van der Waals surface area contributed by atoms with Gasteiger partial charge in [-0.05, 0) is 53.8 Å². The summed E-state index contributed by atoms with van der Waals surface area (Å²) in [4.78, 5) is 14.4. The summed E-state index contributed by atoms with van der Waals surface area (Å²) < 4.78 is 23.7. The smallest absolute Gasteiger partial charge is 0.221 e. The predicted molar refractivity (Wildman–Crippen MR) is 106 cm³/mol. The molecule has 1 amide bonds. The van der Waals surface area contributed by atoms with Gasteiger partial charge >= 0.3 is 0 Å². The topological polar surface area (TPSA) is 50.8 Å². The summed E-state index contributed by atoms with van der Waals surface area (Å²) in [5.41, 5.74) is 3.51. The van der Waals surface area contributed by atoms with E-state index in [0.29, 0.717) is 19.4 Å². The fraction of sp³-hybridized carbons (Fsp3) is 0.409. The second-order valence-electron chi connectivity index (χ2n) is 6.98. The zero-order valence-corrected chi connectivity index (χ0v) is 16.5. The van der Waals surface area contributed by atoms with Crippen LogP contribution in [0, 0.1) is 5.82 Å². The summed E-state index contributed by atoms with van der Waals surface area (Å²) >= 11 is 0. The van der Waals surface area contributed by atoms with E-state index in [1.54, 1.807) is 26.4 Å². The first kappa shape index (κ1) is 20.1.